The van der Waals surface area contributed by atoms with Gasteiger partial charge in [0, 0.05) is 19.3 Å². The number of esters is 3. The van der Waals surface area contributed by atoms with Crippen molar-refractivity contribution in [3.05, 3.63) is 72.9 Å². The molecule has 0 aliphatic carbocycles. The second kappa shape index (κ2) is 62.4. The van der Waals surface area contributed by atoms with E-state index in [-0.39, 0.29) is 31.1 Å². The molecule has 0 spiro atoms. The van der Waals surface area contributed by atoms with Gasteiger partial charge in [-0.1, -0.05) is 267 Å². The first kappa shape index (κ1) is 70.8. The van der Waals surface area contributed by atoms with Crippen molar-refractivity contribution >= 4 is 17.9 Å². The molecule has 0 rings (SSSR count). The van der Waals surface area contributed by atoms with Crippen molar-refractivity contribution in [1.82, 2.24) is 0 Å². The van der Waals surface area contributed by atoms with Gasteiger partial charge in [0.2, 0.25) is 0 Å². The number of hydrogen-bond acceptors (Lipinski definition) is 6. The summed E-state index contributed by atoms with van der Waals surface area (Å²) in [6, 6.07) is 0. The Kier molecular flexibility index (Phi) is 59.7. The normalized spacial score (nSPS) is 12.5. The first-order chi connectivity index (χ1) is 36.5. The van der Waals surface area contributed by atoms with Crippen molar-refractivity contribution in [1.29, 1.82) is 0 Å². The van der Waals surface area contributed by atoms with Gasteiger partial charge in [0.25, 0.3) is 0 Å². The Bertz CT molecular complexity index is 1370. The number of ether oxygens (including phenoxy) is 3. The summed E-state index contributed by atoms with van der Waals surface area (Å²) in [5, 5.41) is 0. The molecular formula is C68H120O6. The Morgan fingerprint density at radius 1 is 0.284 bits per heavy atom. The van der Waals surface area contributed by atoms with Crippen LogP contribution in [0.15, 0.2) is 72.9 Å². The predicted molar refractivity (Wildman–Crippen MR) is 321 cm³/mol. The molecule has 0 aliphatic heterocycles. The molecule has 74 heavy (non-hydrogen) atoms. The molecule has 0 aromatic heterocycles. The van der Waals surface area contributed by atoms with Crippen molar-refractivity contribution < 1.29 is 28.6 Å². The highest BCUT2D eigenvalue weighted by Gasteiger charge is 2.19. The van der Waals surface area contributed by atoms with Crippen molar-refractivity contribution in [2.24, 2.45) is 0 Å². The zero-order chi connectivity index (χ0) is 53.6. The Morgan fingerprint density at radius 3 is 0.838 bits per heavy atom. The quantitative estimate of drug-likeness (QED) is 0.0261. The van der Waals surface area contributed by atoms with Gasteiger partial charge in [-0.25, -0.2) is 0 Å². The fraction of sp³-hybridized carbons (Fsp3) is 0.779. The zero-order valence-corrected chi connectivity index (χ0v) is 49.1. The first-order valence-corrected chi connectivity index (χ1v) is 31.9. The molecule has 428 valence electrons. The maximum absolute atomic E-state index is 12.9. The lowest BCUT2D eigenvalue weighted by atomic mass is 10.1. The summed E-state index contributed by atoms with van der Waals surface area (Å²) in [6.07, 6.45) is 80.4. The predicted octanol–water partition coefficient (Wildman–Crippen LogP) is 21.7. The molecular weight excluding hydrogens is 913 g/mol. The van der Waals surface area contributed by atoms with Gasteiger partial charge >= 0.3 is 17.9 Å². The van der Waals surface area contributed by atoms with E-state index in [0.717, 1.165) is 89.9 Å². The number of carbonyl (C=O) groups excluding carboxylic acids is 3. The molecule has 0 amide bonds. The SMILES string of the molecule is CC/C=C\C/C=C\C/C=C\C/C=C\CCCCCCCCCCCCC(=O)OCC(COC(=O)CCCCCCC/C=C\CCCCCCCC)OC(=O)CCCCCCCCC/C=C\CCCCCCCCC. The maximum Gasteiger partial charge on any atom is 0.306 e. The van der Waals surface area contributed by atoms with Crippen LogP contribution in [0.25, 0.3) is 0 Å². The largest absolute Gasteiger partial charge is 0.462 e. The van der Waals surface area contributed by atoms with Crippen LogP contribution in [0.3, 0.4) is 0 Å². The van der Waals surface area contributed by atoms with Gasteiger partial charge in [0.15, 0.2) is 6.10 Å². The molecule has 0 aromatic carbocycles. The summed E-state index contributed by atoms with van der Waals surface area (Å²) < 4.78 is 16.9. The minimum atomic E-state index is -0.783. The van der Waals surface area contributed by atoms with Crippen LogP contribution in [0.1, 0.15) is 323 Å². The van der Waals surface area contributed by atoms with E-state index in [1.165, 1.54) is 193 Å². The summed E-state index contributed by atoms with van der Waals surface area (Å²) in [5.74, 6) is -0.882. The van der Waals surface area contributed by atoms with E-state index >= 15 is 0 Å². The fourth-order valence-electron chi connectivity index (χ4n) is 9.13. The van der Waals surface area contributed by atoms with Crippen molar-refractivity contribution in [3.8, 4) is 0 Å². The Balaban J connectivity index is 4.35. The number of unbranched alkanes of at least 4 members (excludes halogenated alkanes) is 35. The standard InChI is InChI=1S/C68H120O6/c1-4-7-10-13-16-19-22-25-28-30-32-33-34-35-36-38-40-43-46-49-52-55-58-61-67(70)73-64-65(63-72-66(69)60-57-54-51-48-45-42-39-27-24-21-18-15-12-9-6-3)74-68(71)62-59-56-53-50-47-44-41-37-31-29-26-23-20-17-14-11-8-5-2/h7,10,16,19,25,27-29,31-33,39,65H,4-6,8-9,11-15,17-18,20-24,26,30,34-38,40-64H2,1-3H3/b10-7-,19-16-,28-25-,31-29-,33-32-,39-27-. The highest BCUT2D eigenvalue weighted by Crippen LogP contribution is 2.16. The van der Waals surface area contributed by atoms with E-state index in [1.54, 1.807) is 0 Å². The minimum Gasteiger partial charge on any atom is -0.462 e. The molecule has 1 atom stereocenters. The number of allylic oxidation sites excluding steroid dienone is 12. The van der Waals surface area contributed by atoms with Crippen LogP contribution in [0.2, 0.25) is 0 Å². The Labute approximate surface area is 459 Å². The van der Waals surface area contributed by atoms with Gasteiger partial charge in [-0.2, -0.15) is 0 Å². The number of rotatable bonds is 58. The van der Waals surface area contributed by atoms with E-state index in [2.05, 4.69) is 93.7 Å². The average Bonchev–Trinajstić information content (AvgIpc) is 3.40. The Morgan fingerprint density at radius 2 is 0.527 bits per heavy atom. The average molecular weight is 1030 g/mol. The molecule has 0 radical (unpaired) electrons. The molecule has 6 heteroatoms. The summed E-state index contributed by atoms with van der Waals surface area (Å²) in [4.78, 5) is 38.3. The highest BCUT2D eigenvalue weighted by atomic mass is 16.6. The van der Waals surface area contributed by atoms with Crippen LogP contribution in [-0.2, 0) is 28.6 Å². The maximum atomic E-state index is 12.9. The third-order valence-corrected chi connectivity index (χ3v) is 13.9. The molecule has 1 unspecified atom stereocenters. The Hall–Kier alpha value is -3.15. The van der Waals surface area contributed by atoms with Gasteiger partial charge in [-0.3, -0.25) is 14.4 Å². The number of hydrogen-bond donors (Lipinski definition) is 0. The van der Waals surface area contributed by atoms with Crippen LogP contribution in [-0.4, -0.2) is 37.2 Å². The second-order valence-electron chi connectivity index (χ2n) is 21.3. The van der Waals surface area contributed by atoms with E-state index < -0.39 is 6.10 Å². The summed E-state index contributed by atoms with van der Waals surface area (Å²) in [6.45, 7) is 6.54. The van der Waals surface area contributed by atoms with Crippen LogP contribution >= 0.6 is 0 Å². The molecule has 0 heterocycles. The van der Waals surface area contributed by atoms with E-state index in [9.17, 15) is 14.4 Å². The molecule has 6 nitrogen and oxygen atoms in total. The lowest BCUT2D eigenvalue weighted by Gasteiger charge is -2.18. The fourth-order valence-corrected chi connectivity index (χ4v) is 9.13. The lowest BCUT2D eigenvalue weighted by molar-refractivity contribution is -0.167. The van der Waals surface area contributed by atoms with Crippen molar-refractivity contribution in [3.63, 3.8) is 0 Å². The van der Waals surface area contributed by atoms with Gasteiger partial charge in [0.05, 0.1) is 0 Å². The van der Waals surface area contributed by atoms with Crippen molar-refractivity contribution in [2.75, 3.05) is 13.2 Å². The highest BCUT2D eigenvalue weighted by molar-refractivity contribution is 5.71. The van der Waals surface area contributed by atoms with Gasteiger partial charge in [-0.15, -0.1) is 0 Å². The smallest absolute Gasteiger partial charge is 0.306 e. The lowest BCUT2D eigenvalue weighted by Crippen LogP contribution is -2.30. The van der Waals surface area contributed by atoms with E-state index in [4.69, 9.17) is 14.2 Å². The van der Waals surface area contributed by atoms with Gasteiger partial charge in [-0.05, 0) is 109 Å². The van der Waals surface area contributed by atoms with Gasteiger partial charge < -0.3 is 14.2 Å². The van der Waals surface area contributed by atoms with E-state index in [1.807, 2.05) is 0 Å². The second-order valence-corrected chi connectivity index (χ2v) is 21.3. The third kappa shape index (κ3) is 59.7. The minimum absolute atomic E-state index is 0.0803. The molecule has 0 fully saturated rings. The van der Waals surface area contributed by atoms with E-state index in [0.29, 0.717) is 19.3 Å². The molecule has 0 bridgehead atoms. The summed E-state index contributed by atoms with van der Waals surface area (Å²) >= 11 is 0. The molecule has 0 aliphatic rings. The molecule has 0 saturated heterocycles. The van der Waals surface area contributed by atoms with Crippen LogP contribution in [0.4, 0.5) is 0 Å². The monoisotopic (exact) mass is 1030 g/mol. The van der Waals surface area contributed by atoms with Gasteiger partial charge in [0.1, 0.15) is 13.2 Å². The van der Waals surface area contributed by atoms with Crippen LogP contribution in [0, 0.1) is 0 Å². The topological polar surface area (TPSA) is 78.9 Å². The number of carbonyl (C=O) groups is 3. The summed E-state index contributed by atoms with van der Waals surface area (Å²) in [7, 11) is 0. The molecule has 0 N–H and O–H groups in total. The summed E-state index contributed by atoms with van der Waals surface area (Å²) in [5.41, 5.74) is 0. The van der Waals surface area contributed by atoms with Crippen LogP contribution in [0.5, 0.6) is 0 Å². The molecule has 0 aromatic rings. The zero-order valence-electron chi connectivity index (χ0n) is 49.1. The molecule has 0 saturated carbocycles. The van der Waals surface area contributed by atoms with Crippen LogP contribution < -0.4 is 0 Å². The van der Waals surface area contributed by atoms with Crippen molar-refractivity contribution in [2.45, 2.75) is 329 Å². The first-order valence-electron chi connectivity index (χ1n) is 31.9. The third-order valence-electron chi connectivity index (χ3n) is 13.9.